The predicted molar refractivity (Wildman–Crippen MR) is 179 cm³/mol. The van der Waals surface area contributed by atoms with Gasteiger partial charge < -0.3 is 18.9 Å². The van der Waals surface area contributed by atoms with Crippen molar-refractivity contribution in [2.75, 3.05) is 0 Å². The largest absolute Gasteiger partial charge is 0.489 e. The van der Waals surface area contributed by atoms with Crippen molar-refractivity contribution in [2.45, 2.75) is 26.4 Å². The fourth-order valence-electron chi connectivity index (χ4n) is 4.90. The van der Waals surface area contributed by atoms with E-state index in [4.69, 9.17) is 18.9 Å². The molecular formula is C41H34O5. The van der Waals surface area contributed by atoms with Gasteiger partial charge in [-0.1, -0.05) is 121 Å². The van der Waals surface area contributed by atoms with E-state index in [0.29, 0.717) is 60.6 Å². The molecule has 0 heterocycles. The van der Waals surface area contributed by atoms with Gasteiger partial charge in [-0.15, -0.1) is 0 Å². The van der Waals surface area contributed by atoms with Crippen molar-refractivity contribution in [1.29, 1.82) is 0 Å². The Morgan fingerprint density at radius 1 is 0.370 bits per heavy atom. The van der Waals surface area contributed by atoms with E-state index in [2.05, 4.69) is 0 Å². The molecule has 0 saturated carbocycles. The zero-order valence-corrected chi connectivity index (χ0v) is 25.4. The molecule has 6 aromatic rings. The highest BCUT2D eigenvalue weighted by Crippen LogP contribution is 2.33. The lowest BCUT2D eigenvalue weighted by Crippen LogP contribution is -2.09. The Labute approximate surface area is 269 Å². The molecule has 0 N–H and O–H groups in total. The lowest BCUT2D eigenvalue weighted by Gasteiger charge is -2.17. The fourth-order valence-corrected chi connectivity index (χ4v) is 4.90. The number of benzene rings is 6. The summed E-state index contributed by atoms with van der Waals surface area (Å²) < 4.78 is 24.7. The van der Waals surface area contributed by atoms with E-state index in [9.17, 15) is 4.79 Å². The van der Waals surface area contributed by atoms with Crippen LogP contribution >= 0.6 is 0 Å². The quantitative estimate of drug-likeness (QED) is 0.116. The van der Waals surface area contributed by atoms with E-state index >= 15 is 0 Å². The fraction of sp³-hybridized carbons (Fsp3) is 0.0976. The van der Waals surface area contributed by atoms with Gasteiger partial charge in [-0.25, -0.2) is 0 Å². The minimum Gasteiger partial charge on any atom is -0.489 e. The maximum atomic E-state index is 14.3. The predicted octanol–water partition coefficient (Wildman–Crippen LogP) is 9.23. The number of ether oxygens (including phenoxy) is 4. The van der Waals surface area contributed by atoms with Crippen molar-refractivity contribution in [2.24, 2.45) is 0 Å². The van der Waals surface area contributed by atoms with Gasteiger partial charge in [0, 0.05) is 12.1 Å². The Morgan fingerprint density at radius 2 is 0.674 bits per heavy atom. The highest BCUT2D eigenvalue weighted by molar-refractivity contribution is 6.12. The average molecular weight is 607 g/mol. The maximum Gasteiger partial charge on any atom is 0.200 e. The third kappa shape index (κ3) is 8.21. The summed E-state index contributed by atoms with van der Waals surface area (Å²) in [6.07, 6.45) is 0. The van der Waals surface area contributed by atoms with Crippen molar-refractivity contribution in [3.05, 3.63) is 191 Å². The Morgan fingerprint density at radius 3 is 1.00 bits per heavy atom. The number of hydrogen-bond donors (Lipinski definition) is 0. The smallest absolute Gasteiger partial charge is 0.200 e. The molecule has 0 aliphatic carbocycles. The molecule has 0 radical (unpaired) electrons. The summed E-state index contributed by atoms with van der Waals surface area (Å²) in [5.74, 6) is 1.84. The summed E-state index contributed by atoms with van der Waals surface area (Å²) in [6, 6.07) is 50.3. The van der Waals surface area contributed by atoms with Crippen molar-refractivity contribution < 1.29 is 23.7 Å². The normalized spacial score (nSPS) is 10.6. The van der Waals surface area contributed by atoms with E-state index in [1.807, 2.05) is 121 Å². The second kappa shape index (κ2) is 15.3. The molecule has 5 nitrogen and oxygen atoms in total. The van der Waals surface area contributed by atoms with Gasteiger partial charge >= 0.3 is 0 Å². The van der Waals surface area contributed by atoms with Crippen LogP contribution in [0.2, 0.25) is 0 Å². The maximum absolute atomic E-state index is 14.3. The Hall–Kier alpha value is -5.81. The number of carbonyl (C=O) groups is 1. The first kappa shape index (κ1) is 30.2. The van der Waals surface area contributed by atoms with Gasteiger partial charge in [0.1, 0.15) is 49.4 Å². The molecule has 0 unspecified atom stereocenters. The zero-order chi connectivity index (χ0) is 31.4. The number of rotatable bonds is 14. The van der Waals surface area contributed by atoms with Gasteiger partial charge in [0.05, 0.1) is 11.1 Å². The topological polar surface area (TPSA) is 54.0 Å². The van der Waals surface area contributed by atoms with Crippen LogP contribution in [-0.2, 0) is 26.4 Å². The molecule has 5 heteroatoms. The van der Waals surface area contributed by atoms with Crippen LogP contribution in [0.4, 0.5) is 0 Å². The van der Waals surface area contributed by atoms with Crippen molar-refractivity contribution >= 4 is 5.78 Å². The van der Waals surface area contributed by atoms with Crippen LogP contribution in [0.15, 0.2) is 158 Å². The lowest BCUT2D eigenvalue weighted by atomic mass is 10.0. The molecule has 46 heavy (non-hydrogen) atoms. The van der Waals surface area contributed by atoms with Gasteiger partial charge in [0.2, 0.25) is 0 Å². The van der Waals surface area contributed by atoms with Gasteiger partial charge in [-0.2, -0.15) is 0 Å². The Balaban J connectivity index is 1.29. The highest BCUT2D eigenvalue weighted by atomic mass is 16.5. The molecule has 0 fully saturated rings. The molecule has 0 aromatic heterocycles. The third-order valence-corrected chi connectivity index (χ3v) is 7.37. The van der Waals surface area contributed by atoms with E-state index in [1.54, 1.807) is 36.4 Å². The molecule has 0 amide bonds. The zero-order valence-electron chi connectivity index (χ0n) is 25.4. The van der Waals surface area contributed by atoms with E-state index in [1.165, 1.54) is 0 Å². The molecule has 6 rings (SSSR count). The average Bonchev–Trinajstić information content (AvgIpc) is 3.13. The first-order valence-electron chi connectivity index (χ1n) is 15.2. The van der Waals surface area contributed by atoms with Crippen LogP contribution in [0.25, 0.3) is 0 Å². The van der Waals surface area contributed by atoms with Gasteiger partial charge in [-0.05, 0) is 46.5 Å². The molecule has 0 saturated heterocycles. The third-order valence-electron chi connectivity index (χ3n) is 7.37. The van der Waals surface area contributed by atoms with Crippen LogP contribution in [-0.4, -0.2) is 5.78 Å². The molecule has 228 valence electrons. The first-order chi connectivity index (χ1) is 22.7. The van der Waals surface area contributed by atoms with Gasteiger partial charge in [0.15, 0.2) is 5.78 Å². The summed E-state index contributed by atoms with van der Waals surface area (Å²) >= 11 is 0. The second-order valence-electron chi connectivity index (χ2n) is 10.7. The summed E-state index contributed by atoms with van der Waals surface area (Å²) in [7, 11) is 0. The van der Waals surface area contributed by atoms with E-state index in [0.717, 1.165) is 22.3 Å². The minimum absolute atomic E-state index is 0.227. The molecule has 0 aliphatic heterocycles. The van der Waals surface area contributed by atoms with Crippen molar-refractivity contribution in [3.8, 4) is 23.0 Å². The molecule has 0 bridgehead atoms. The van der Waals surface area contributed by atoms with Gasteiger partial charge in [-0.3, -0.25) is 4.79 Å². The molecular weight excluding hydrogens is 572 g/mol. The standard InChI is InChI=1S/C41H34O5/c42-41(37-23-21-35(43-27-31-13-5-1-6-14-31)25-39(37)45-29-33-17-9-3-10-18-33)38-24-22-36(44-28-32-15-7-2-8-16-32)26-40(38)46-30-34-19-11-4-12-20-34/h1-26H,27-30H2. The summed E-state index contributed by atoms with van der Waals surface area (Å²) in [5, 5.41) is 0. The summed E-state index contributed by atoms with van der Waals surface area (Å²) in [5.41, 5.74) is 4.89. The van der Waals surface area contributed by atoms with Crippen LogP contribution in [0.5, 0.6) is 23.0 Å². The second-order valence-corrected chi connectivity index (χ2v) is 10.7. The van der Waals surface area contributed by atoms with Crippen LogP contribution in [0, 0.1) is 0 Å². The van der Waals surface area contributed by atoms with Crippen LogP contribution < -0.4 is 18.9 Å². The van der Waals surface area contributed by atoms with Gasteiger partial charge in [0.25, 0.3) is 0 Å². The number of carbonyl (C=O) groups excluding carboxylic acids is 1. The number of hydrogen-bond acceptors (Lipinski definition) is 5. The Bertz CT molecular complexity index is 1700. The molecule has 0 aliphatic rings. The lowest BCUT2D eigenvalue weighted by molar-refractivity contribution is 0.103. The molecule has 0 spiro atoms. The first-order valence-corrected chi connectivity index (χ1v) is 15.2. The highest BCUT2D eigenvalue weighted by Gasteiger charge is 2.21. The monoisotopic (exact) mass is 606 g/mol. The van der Waals surface area contributed by atoms with E-state index < -0.39 is 0 Å². The SMILES string of the molecule is O=C(c1ccc(OCc2ccccc2)cc1OCc1ccccc1)c1ccc(OCc2ccccc2)cc1OCc1ccccc1. The molecule has 6 aromatic carbocycles. The van der Waals surface area contributed by atoms with Crippen molar-refractivity contribution in [1.82, 2.24) is 0 Å². The Kier molecular flexibility index (Phi) is 10.0. The number of ketones is 1. The summed E-state index contributed by atoms with van der Waals surface area (Å²) in [6.45, 7) is 1.39. The van der Waals surface area contributed by atoms with E-state index in [-0.39, 0.29) is 5.78 Å². The summed E-state index contributed by atoms with van der Waals surface area (Å²) in [4.78, 5) is 14.3. The molecule has 0 atom stereocenters. The minimum atomic E-state index is -0.227. The van der Waals surface area contributed by atoms with Crippen LogP contribution in [0.3, 0.4) is 0 Å². The van der Waals surface area contributed by atoms with Crippen molar-refractivity contribution in [3.63, 3.8) is 0 Å². The van der Waals surface area contributed by atoms with Crippen LogP contribution in [0.1, 0.15) is 38.2 Å².